The molecule has 0 saturated heterocycles. The molecule has 0 aliphatic carbocycles. The topological polar surface area (TPSA) is 82.0 Å². The number of carbonyl (C=O) groups is 2. The van der Waals surface area contributed by atoms with Gasteiger partial charge in [-0.15, -0.1) is 0 Å². The van der Waals surface area contributed by atoms with E-state index in [0.29, 0.717) is 24.6 Å². The molecule has 2 aromatic carbocycles. The highest BCUT2D eigenvalue weighted by molar-refractivity contribution is 5.94. The van der Waals surface area contributed by atoms with E-state index in [1.165, 1.54) is 0 Å². The molecule has 7 heteroatoms. The lowest BCUT2D eigenvalue weighted by atomic mass is 10.1. The molecule has 2 amide bonds. The second kappa shape index (κ2) is 9.28. The second-order valence-electron chi connectivity index (χ2n) is 5.57. The van der Waals surface area contributed by atoms with Crippen LogP contribution in [0.15, 0.2) is 42.5 Å². The molecule has 0 aliphatic rings. The number of hydrogen-bond acceptors (Lipinski definition) is 3. The molecule has 0 aliphatic heterocycles. The molecule has 5 nitrogen and oxygen atoms in total. The molecule has 2 rings (SSSR count). The maximum Gasteiger partial charge on any atom is 0.254 e. The average Bonchev–Trinajstić information content (AvgIpc) is 2.63. The Bertz CT molecular complexity index is 830. The van der Waals surface area contributed by atoms with Gasteiger partial charge in [0.1, 0.15) is 11.6 Å². The Balaban J connectivity index is 1.68. The first kappa shape index (κ1) is 19.1. The zero-order chi connectivity index (χ0) is 18.9. The van der Waals surface area contributed by atoms with E-state index in [9.17, 15) is 18.4 Å². The summed E-state index contributed by atoms with van der Waals surface area (Å²) in [6.45, 7) is 0.539. The van der Waals surface area contributed by atoms with E-state index in [4.69, 9.17) is 5.26 Å². The van der Waals surface area contributed by atoms with E-state index >= 15 is 0 Å². The first-order valence-corrected chi connectivity index (χ1v) is 7.98. The molecule has 26 heavy (non-hydrogen) atoms. The number of nitrogens with zero attached hydrogens (tertiary/aromatic N) is 1. The minimum atomic E-state index is -0.928. The third-order valence-electron chi connectivity index (χ3n) is 3.61. The number of benzene rings is 2. The summed E-state index contributed by atoms with van der Waals surface area (Å²) >= 11 is 0. The van der Waals surface area contributed by atoms with Crippen molar-refractivity contribution in [3.05, 3.63) is 70.8 Å². The van der Waals surface area contributed by atoms with Crippen LogP contribution in [0, 0.1) is 23.0 Å². The number of nitriles is 1. The van der Waals surface area contributed by atoms with Crippen LogP contribution in [0.3, 0.4) is 0 Å². The van der Waals surface area contributed by atoms with Crippen LogP contribution < -0.4 is 10.6 Å². The fourth-order valence-corrected chi connectivity index (χ4v) is 2.21. The molecule has 0 radical (unpaired) electrons. The van der Waals surface area contributed by atoms with Gasteiger partial charge in [0.2, 0.25) is 5.91 Å². The van der Waals surface area contributed by atoms with Gasteiger partial charge in [-0.3, -0.25) is 9.59 Å². The van der Waals surface area contributed by atoms with Crippen LogP contribution in [-0.4, -0.2) is 18.4 Å². The molecular weight excluding hydrogens is 340 g/mol. The third-order valence-corrected chi connectivity index (χ3v) is 3.61. The molecule has 0 fully saturated rings. The summed E-state index contributed by atoms with van der Waals surface area (Å²) in [6, 6.07) is 11.6. The van der Waals surface area contributed by atoms with Crippen LogP contribution in [-0.2, 0) is 11.3 Å². The molecule has 134 valence electrons. The summed E-state index contributed by atoms with van der Waals surface area (Å²) in [7, 11) is 0. The quantitative estimate of drug-likeness (QED) is 0.748. The Morgan fingerprint density at radius 1 is 1.04 bits per heavy atom. The van der Waals surface area contributed by atoms with Gasteiger partial charge in [0, 0.05) is 25.6 Å². The van der Waals surface area contributed by atoms with Crippen molar-refractivity contribution in [3.63, 3.8) is 0 Å². The van der Waals surface area contributed by atoms with Crippen molar-refractivity contribution in [2.24, 2.45) is 0 Å². The molecular formula is C19H17F2N3O2. The number of amides is 2. The zero-order valence-electron chi connectivity index (χ0n) is 13.9. The van der Waals surface area contributed by atoms with Crippen molar-refractivity contribution < 1.29 is 18.4 Å². The van der Waals surface area contributed by atoms with Crippen molar-refractivity contribution in [2.45, 2.75) is 19.4 Å². The van der Waals surface area contributed by atoms with Gasteiger partial charge in [-0.1, -0.05) is 12.1 Å². The number of hydrogen-bond donors (Lipinski definition) is 2. The lowest BCUT2D eigenvalue weighted by molar-refractivity contribution is -0.121. The van der Waals surface area contributed by atoms with E-state index in [-0.39, 0.29) is 24.4 Å². The number of rotatable bonds is 7. The summed E-state index contributed by atoms with van der Waals surface area (Å²) in [5.74, 6) is -2.52. The fraction of sp³-hybridized carbons (Fsp3) is 0.211. The zero-order valence-corrected chi connectivity index (χ0v) is 13.9. The van der Waals surface area contributed by atoms with Crippen LogP contribution >= 0.6 is 0 Å². The number of carbonyl (C=O) groups excluding carboxylic acids is 2. The highest BCUT2D eigenvalue weighted by atomic mass is 19.1. The summed E-state index contributed by atoms with van der Waals surface area (Å²) in [5.41, 5.74) is 1.18. The van der Waals surface area contributed by atoms with Gasteiger partial charge in [-0.25, -0.2) is 8.78 Å². The highest BCUT2D eigenvalue weighted by Crippen LogP contribution is 2.09. The Morgan fingerprint density at radius 3 is 2.42 bits per heavy atom. The molecule has 0 heterocycles. The molecule has 0 spiro atoms. The first-order valence-electron chi connectivity index (χ1n) is 7.98. The molecule has 2 N–H and O–H groups in total. The van der Waals surface area contributed by atoms with Crippen LogP contribution in [0.1, 0.15) is 34.3 Å². The lowest BCUT2D eigenvalue weighted by Crippen LogP contribution is -2.28. The Labute approximate surface area is 149 Å². The number of halogens is 2. The Kier molecular flexibility index (Phi) is 6.80. The van der Waals surface area contributed by atoms with E-state index < -0.39 is 17.5 Å². The predicted octanol–water partition coefficient (Wildman–Crippen LogP) is 2.66. The van der Waals surface area contributed by atoms with E-state index in [1.54, 1.807) is 24.3 Å². The minimum Gasteiger partial charge on any atom is -0.352 e. The van der Waals surface area contributed by atoms with Crippen molar-refractivity contribution in [1.82, 2.24) is 10.6 Å². The maximum atomic E-state index is 13.5. The van der Waals surface area contributed by atoms with Gasteiger partial charge >= 0.3 is 0 Å². The average molecular weight is 357 g/mol. The molecule has 0 bridgehead atoms. The molecule has 0 aromatic heterocycles. The van der Waals surface area contributed by atoms with Crippen LogP contribution in [0.2, 0.25) is 0 Å². The van der Waals surface area contributed by atoms with Crippen LogP contribution in [0.25, 0.3) is 0 Å². The van der Waals surface area contributed by atoms with Crippen molar-refractivity contribution in [3.8, 4) is 6.07 Å². The molecule has 0 atom stereocenters. The van der Waals surface area contributed by atoms with Crippen molar-refractivity contribution in [2.75, 3.05) is 6.54 Å². The summed E-state index contributed by atoms with van der Waals surface area (Å²) in [5, 5.41) is 13.9. The predicted molar refractivity (Wildman–Crippen MR) is 90.9 cm³/mol. The van der Waals surface area contributed by atoms with Crippen molar-refractivity contribution >= 4 is 11.8 Å². The summed E-state index contributed by atoms with van der Waals surface area (Å²) in [6.07, 6.45) is 0.580. The smallest absolute Gasteiger partial charge is 0.254 e. The number of nitrogens with one attached hydrogen (secondary N) is 2. The van der Waals surface area contributed by atoms with Crippen LogP contribution in [0.4, 0.5) is 8.78 Å². The normalized spacial score (nSPS) is 10.0. The van der Waals surface area contributed by atoms with E-state index in [0.717, 1.165) is 17.7 Å². The van der Waals surface area contributed by atoms with Gasteiger partial charge in [0.25, 0.3) is 5.91 Å². The Morgan fingerprint density at radius 2 is 1.77 bits per heavy atom. The lowest BCUT2D eigenvalue weighted by Gasteiger charge is -2.07. The maximum absolute atomic E-state index is 13.5. The highest BCUT2D eigenvalue weighted by Gasteiger charge is 2.12. The first-order chi connectivity index (χ1) is 12.5. The fourth-order valence-electron chi connectivity index (χ4n) is 2.21. The molecule has 0 unspecified atom stereocenters. The minimum absolute atomic E-state index is 0.184. The van der Waals surface area contributed by atoms with Crippen LogP contribution in [0.5, 0.6) is 0 Å². The third kappa shape index (κ3) is 5.67. The van der Waals surface area contributed by atoms with E-state index in [1.807, 2.05) is 6.07 Å². The van der Waals surface area contributed by atoms with Crippen molar-refractivity contribution in [1.29, 1.82) is 5.26 Å². The van der Waals surface area contributed by atoms with Gasteiger partial charge in [0.15, 0.2) is 0 Å². The molecule has 2 aromatic rings. The monoisotopic (exact) mass is 357 g/mol. The SMILES string of the molecule is N#Cc1ccc(CNC(=O)CCCNC(=O)c2ccc(F)cc2F)cc1. The van der Waals surface area contributed by atoms with Gasteiger partial charge in [-0.2, -0.15) is 5.26 Å². The van der Waals surface area contributed by atoms with Gasteiger partial charge < -0.3 is 10.6 Å². The Hall–Kier alpha value is -3.27. The molecule has 0 saturated carbocycles. The standard InChI is InChI=1S/C19H17F2N3O2/c20-15-7-8-16(17(21)10-15)19(26)23-9-1-2-18(25)24-12-14-5-3-13(11-22)4-6-14/h3-8,10H,1-2,9,12H2,(H,23,26)(H,24,25). The second-order valence-corrected chi connectivity index (χ2v) is 5.57. The summed E-state index contributed by atoms with van der Waals surface area (Å²) < 4.78 is 26.3. The summed E-state index contributed by atoms with van der Waals surface area (Å²) in [4.78, 5) is 23.6. The largest absolute Gasteiger partial charge is 0.352 e. The van der Waals surface area contributed by atoms with Gasteiger partial charge in [0.05, 0.1) is 17.2 Å². The van der Waals surface area contributed by atoms with Gasteiger partial charge in [-0.05, 0) is 36.2 Å². The van der Waals surface area contributed by atoms with E-state index in [2.05, 4.69) is 10.6 Å².